The van der Waals surface area contributed by atoms with Crippen LogP contribution < -0.4 is 5.32 Å². The van der Waals surface area contributed by atoms with Crippen molar-refractivity contribution in [3.8, 4) is 0 Å². The van der Waals surface area contributed by atoms with E-state index in [1.807, 2.05) is 20.8 Å². The van der Waals surface area contributed by atoms with Crippen molar-refractivity contribution in [2.45, 2.75) is 46.5 Å². The van der Waals surface area contributed by atoms with Gasteiger partial charge in [0.2, 0.25) is 5.91 Å². The fourth-order valence-corrected chi connectivity index (χ4v) is 1.49. The molecule has 0 radical (unpaired) electrons. The molecule has 5 heteroatoms. The predicted octanol–water partition coefficient (Wildman–Crippen LogP) is 2.78. The average Bonchev–Trinajstić information content (AvgIpc) is 2.34. The summed E-state index contributed by atoms with van der Waals surface area (Å²) >= 11 is 0. The van der Waals surface area contributed by atoms with Crippen LogP contribution in [-0.2, 0) is 14.9 Å². The number of nitrogens with one attached hydrogen (secondary N) is 1. The van der Waals surface area contributed by atoms with Gasteiger partial charge in [0.1, 0.15) is 5.82 Å². The minimum Gasteiger partial charge on any atom is -0.381 e. The van der Waals surface area contributed by atoms with Crippen molar-refractivity contribution in [1.29, 1.82) is 0 Å². The standard InChI is InChI=1S/C15H25N3O2/c1-11(2)10-20-7-6-13(19)18-12-8-16-14(17-9-12)15(3,4)5/h8-9,11H,6-7,10H2,1-5H3,(H,18,19). The topological polar surface area (TPSA) is 64.1 Å². The van der Waals surface area contributed by atoms with Crippen molar-refractivity contribution in [2.24, 2.45) is 5.92 Å². The molecule has 0 aliphatic carbocycles. The van der Waals surface area contributed by atoms with Gasteiger partial charge in [0, 0.05) is 12.0 Å². The fraction of sp³-hybridized carbons (Fsp3) is 0.667. The zero-order valence-electron chi connectivity index (χ0n) is 13.1. The first kappa shape index (κ1) is 16.6. The van der Waals surface area contributed by atoms with Gasteiger partial charge in [0.15, 0.2) is 0 Å². The molecule has 0 fully saturated rings. The highest BCUT2D eigenvalue weighted by Gasteiger charge is 2.16. The smallest absolute Gasteiger partial charge is 0.226 e. The number of hydrogen-bond donors (Lipinski definition) is 1. The van der Waals surface area contributed by atoms with Gasteiger partial charge in [-0.15, -0.1) is 0 Å². The summed E-state index contributed by atoms with van der Waals surface area (Å²) in [6, 6.07) is 0. The van der Waals surface area contributed by atoms with Gasteiger partial charge in [-0.3, -0.25) is 4.79 Å². The Labute approximate surface area is 121 Å². The second kappa shape index (κ2) is 7.33. The van der Waals surface area contributed by atoms with E-state index in [1.165, 1.54) is 0 Å². The Bertz CT molecular complexity index is 422. The van der Waals surface area contributed by atoms with E-state index in [9.17, 15) is 4.79 Å². The molecule has 20 heavy (non-hydrogen) atoms. The molecule has 0 unspecified atom stereocenters. The maximum Gasteiger partial charge on any atom is 0.226 e. The van der Waals surface area contributed by atoms with Crippen LogP contribution in [0.15, 0.2) is 12.4 Å². The van der Waals surface area contributed by atoms with Crippen molar-refractivity contribution in [1.82, 2.24) is 9.97 Å². The summed E-state index contributed by atoms with van der Waals surface area (Å²) in [4.78, 5) is 20.2. The molecule has 0 atom stereocenters. The molecule has 0 saturated carbocycles. The van der Waals surface area contributed by atoms with Gasteiger partial charge in [-0.25, -0.2) is 9.97 Å². The summed E-state index contributed by atoms with van der Waals surface area (Å²) in [6.45, 7) is 11.4. The van der Waals surface area contributed by atoms with Crippen LogP contribution in [0.1, 0.15) is 46.9 Å². The van der Waals surface area contributed by atoms with Gasteiger partial charge in [-0.05, 0) is 5.92 Å². The summed E-state index contributed by atoms with van der Waals surface area (Å²) < 4.78 is 5.38. The van der Waals surface area contributed by atoms with Gasteiger partial charge < -0.3 is 10.1 Å². The molecule has 1 rings (SSSR count). The first-order valence-corrected chi connectivity index (χ1v) is 6.99. The second-order valence-corrected chi connectivity index (χ2v) is 6.31. The normalized spacial score (nSPS) is 11.7. The third-order valence-electron chi connectivity index (χ3n) is 2.53. The van der Waals surface area contributed by atoms with Crippen LogP contribution in [0.25, 0.3) is 0 Å². The molecular formula is C15H25N3O2. The molecule has 1 amide bonds. The van der Waals surface area contributed by atoms with Crippen LogP contribution in [0.3, 0.4) is 0 Å². The number of nitrogens with zero attached hydrogens (tertiary/aromatic N) is 2. The Morgan fingerprint density at radius 2 is 1.90 bits per heavy atom. The number of rotatable bonds is 6. The van der Waals surface area contributed by atoms with Crippen molar-refractivity contribution in [3.05, 3.63) is 18.2 Å². The van der Waals surface area contributed by atoms with Crippen LogP contribution in [0.2, 0.25) is 0 Å². The summed E-state index contributed by atoms with van der Waals surface area (Å²) in [5, 5.41) is 2.76. The lowest BCUT2D eigenvalue weighted by Gasteiger charge is -2.16. The van der Waals surface area contributed by atoms with Crippen molar-refractivity contribution >= 4 is 11.6 Å². The molecule has 5 nitrogen and oxygen atoms in total. The lowest BCUT2D eigenvalue weighted by atomic mass is 9.96. The summed E-state index contributed by atoms with van der Waals surface area (Å²) in [5.74, 6) is 1.16. The Balaban J connectivity index is 2.39. The Morgan fingerprint density at radius 1 is 1.30 bits per heavy atom. The van der Waals surface area contributed by atoms with Crippen molar-refractivity contribution in [2.75, 3.05) is 18.5 Å². The van der Waals surface area contributed by atoms with Gasteiger partial charge in [-0.2, -0.15) is 0 Å². The van der Waals surface area contributed by atoms with Gasteiger partial charge >= 0.3 is 0 Å². The highest BCUT2D eigenvalue weighted by atomic mass is 16.5. The first-order valence-electron chi connectivity index (χ1n) is 6.99. The molecule has 1 heterocycles. The van der Waals surface area contributed by atoms with Crippen LogP contribution in [-0.4, -0.2) is 29.1 Å². The largest absolute Gasteiger partial charge is 0.381 e. The molecule has 0 bridgehead atoms. The number of hydrogen-bond acceptors (Lipinski definition) is 4. The minimum absolute atomic E-state index is 0.0825. The molecule has 0 spiro atoms. The third kappa shape index (κ3) is 6.10. The predicted molar refractivity (Wildman–Crippen MR) is 79.6 cm³/mol. The number of carbonyl (C=O) groups is 1. The Kier molecular flexibility index (Phi) is 6.07. The molecule has 0 aliphatic rings. The lowest BCUT2D eigenvalue weighted by molar-refractivity contribution is -0.117. The van der Waals surface area contributed by atoms with E-state index in [-0.39, 0.29) is 11.3 Å². The highest BCUT2D eigenvalue weighted by molar-refractivity contribution is 5.90. The van der Waals surface area contributed by atoms with Gasteiger partial charge in [-0.1, -0.05) is 34.6 Å². The van der Waals surface area contributed by atoms with Crippen LogP contribution >= 0.6 is 0 Å². The third-order valence-corrected chi connectivity index (χ3v) is 2.53. The van der Waals surface area contributed by atoms with E-state index in [0.717, 1.165) is 5.82 Å². The molecule has 1 N–H and O–H groups in total. The molecule has 112 valence electrons. The summed E-state index contributed by atoms with van der Waals surface area (Å²) in [5.41, 5.74) is 0.527. The second-order valence-electron chi connectivity index (χ2n) is 6.31. The SMILES string of the molecule is CC(C)COCCC(=O)Nc1cnc(C(C)(C)C)nc1. The van der Waals surface area contributed by atoms with Crippen LogP contribution in [0, 0.1) is 5.92 Å². The monoisotopic (exact) mass is 279 g/mol. The Hall–Kier alpha value is -1.49. The van der Waals surface area contributed by atoms with E-state index < -0.39 is 0 Å². The van der Waals surface area contributed by atoms with Gasteiger partial charge in [0.05, 0.1) is 31.1 Å². The lowest BCUT2D eigenvalue weighted by Crippen LogP contribution is -2.18. The average molecular weight is 279 g/mol. The molecule has 0 saturated heterocycles. The van der Waals surface area contributed by atoms with Gasteiger partial charge in [0.25, 0.3) is 0 Å². The maximum absolute atomic E-state index is 11.7. The Morgan fingerprint density at radius 3 is 2.40 bits per heavy atom. The fourth-order valence-electron chi connectivity index (χ4n) is 1.49. The first-order chi connectivity index (χ1) is 9.29. The van der Waals surface area contributed by atoms with Crippen LogP contribution in [0.4, 0.5) is 5.69 Å². The molecular weight excluding hydrogens is 254 g/mol. The molecule has 0 aromatic carbocycles. The minimum atomic E-state index is -0.0901. The maximum atomic E-state index is 11.7. The van der Waals surface area contributed by atoms with E-state index in [4.69, 9.17) is 4.74 Å². The quantitative estimate of drug-likeness (QED) is 0.813. The van der Waals surface area contributed by atoms with E-state index >= 15 is 0 Å². The number of ether oxygens (including phenoxy) is 1. The summed E-state index contributed by atoms with van der Waals surface area (Å²) in [6.07, 6.45) is 3.62. The number of carbonyl (C=O) groups excluding carboxylic acids is 1. The number of anilines is 1. The van der Waals surface area contributed by atoms with Crippen molar-refractivity contribution in [3.63, 3.8) is 0 Å². The molecule has 1 aromatic rings. The van der Waals surface area contributed by atoms with E-state index in [2.05, 4.69) is 29.1 Å². The summed E-state index contributed by atoms with van der Waals surface area (Å²) in [7, 11) is 0. The van der Waals surface area contributed by atoms with E-state index in [0.29, 0.717) is 31.2 Å². The zero-order chi connectivity index (χ0) is 15.2. The van der Waals surface area contributed by atoms with Crippen LogP contribution in [0.5, 0.6) is 0 Å². The molecule has 0 aliphatic heterocycles. The number of amides is 1. The highest BCUT2D eigenvalue weighted by Crippen LogP contribution is 2.18. The number of aromatic nitrogens is 2. The van der Waals surface area contributed by atoms with E-state index in [1.54, 1.807) is 12.4 Å². The van der Waals surface area contributed by atoms with Crippen molar-refractivity contribution < 1.29 is 9.53 Å². The zero-order valence-corrected chi connectivity index (χ0v) is 13.1. The molecule has 1 aromatic heterocycles.